The van der Waals surface area contributed by atoms with Crippen LogP contribution in [0.5, 0.6) is 0 Å². The minimum atomic E-state index is -0.232. The first-order valence-electron chi connectivity index (χ1n) is 7.70. The van der Waals surface area contributed by atoms with Crippen LogP contribution in [0.1, 0.15) is 29.4 Å². The first kappa shape index (κ1) is 17.0. The van der Waals surface area contributed by atoms with Gasteiger partial charge in [0.05, 0.1) is 23.7 Å². The minimum absolute atomic E-state index is 0.232. The van der Waals surface area contributed by atoms with E-state index in [1.807, 2.05) is 49.7 Å². The maximum atomic E-state index is 12.1. The second kappa shape index (κ2) is 7.78. The number of anilines is 1. The molecule has 0 atom stereocenters. The molecule has 2 rings (SSSR count). The number of hydrogen-bond acceptors (Lipinski definition) is 3. The van der Waals surface area contributed by atoms with Crippen LogP contribution in [0.25, 0.3) is 0 Å². The molecule has 2 amide bonds. The van der Waals surface area contributed by atoms with Crippen LogP contribution in [-0.2, 0) is 24.4 Å². The maximum Gasteiger partial charge on any atom is 0.319 e. The number of ether oxygens (including phenoxy) is 1. The lowest BCUT2D eigenvalue weighted by molar-refractivity contribution is 0.185. The lowest BCUT2D eigenvalue weighted by Crippen LogP contribution is -2.28. The summed E-state index contributed by atoms with van der Waals surface area (Å²) in [5, 5.41) is 10.1. The van der Waals surface area contributed by atoms with Gasteiger partial charge in [-0.05, 0) is 31.9 Å². The minimum Gasteiger partial charge on any atom is -0.380 e. The van der Waals surface area contributed by atoms with Gasteiger partial charge in [0, 0.05) is 20.2 Å². The number of carbonyl (C=O) groups excluding carboxylic acids is 1. The quantitative estimate of drug-likeness (QED) is 0.861. The summed E-state index contributed by atoms with van der Waals surface area (Å²) >= 11 is 0. The van der Waals surface area contributed by atoms with Crippen molar-refractivity contribution in [3.8, 4) is 0 Å². The van der Waals surface area contributed by atoms with Crippen molar-refractivity contribution < 1.29 is 9.53 Å². The Labute approximate surface area is 136 Å². The van der Waals surface area contributed by atoms with E-state index in [-0.39, 0.29) is 6.03 Å². The standard InChI is InChI=1S/C17H24N4O2/c1-5-21-13(3)16(12(2)20-21)19-17(22)18-10-14-7-6-8-15(9-14)11-23-4/h6-9H,5,10-11H2,1-4H3,(H2,18,19,22). The van der Waals surface area contributed by atoms with E-state index in [1.54, 1.807) is 7.11 Å². The van der Waals surface area contributed by atoms with Gasteiger partial charge in [0.1, 0.15) is 0 Å². The van der Waals surface area contributed by atoms with Crippen LogP contribution in [-0.4, -0.2) is 22.9 Å². The highest BCUT2D eigenvalue weighted by Crippen LogP contribution is 2.19. The molecular weight excluding hydrogens is 292 g/mol. The van der Waals surface area contributed by atoms with E-state index in [0.29, 0.717) is 13.2 Å². The number of carbonyl (C=O) groups is 1. The predicted octanol–water partition coefficient (Wildman–Crippen LogP) is 2.99. The molecule has 6 nitrogen and oxygen atoms in total. The van der Waals surface area contributed by atoms with E-state index >= 15 is 0 Å². The zero-order chi connectivity index (χ0) is 16.8. The van der Waals surface area contributed by atoms with Gasteiger partial charge >= 0.3 is 6.03 Å². The van der Waals surface area contributed by atoms with Crippen LogP contribution >= 0.6 is 0 Å². The third-order valence-electron chi connectivity index (χ3n) is 3.68. The lowest BCUT2D eigenvalue weighted by Gasteiger charge is -2.09. The third-order valence-corrected chi connectivity index (χ3v) is 3.68. The molecule has 1 aromatic carbocycles. The summed E-state index contributed by atoms with van der Waals surface area (Å²) in [4.78, 5) is 12.1. The monoisotopic (exact) mass is 316 g/mol. The first-order valence-corrected chi connectivity index (χ1v) is 7.70. The fraction of sp³-hybridized carbons (Fsp3) is 0.412. The van der Waals surface area contributed by atoms with E-state index < -0.39 is 0 Å². The van der Waals surface area contributed by atoms with Gasteiger partial charge in [0.2, 0.25) is 0 Å². The molecular formula is C17H24N4O2. The summed E-state index contributed by atoms with van der Waals surface area (Å²) in [6.07, 6.45) is 0. The predicted molar refractivity (Wildman–Crippen MR) is 90.4 cm³/mol. The zero-order valence-corrected chi connectivity index (χ0v) is 14.1. The van der Waals surface area contributed by atoms with Crippen LogP contribution in [0, 0.1) is 13.8 Å². The molecule has 0 spiro atoms. The Kier molecular flexibility index (Phi) is 5.76. The molecule has 23 heavy (non-hydrogen) atoms. The highest BCUT2D eigenvalue weighted by molar-refractivity contribution is 5.90. The fourth-order valence-corrected chi connectivity index (χ4v) is 2.52. The Morgan fingerprint density at radius 1 is 1.30 bits per heavy atom. The summed E-state index contributed by atoms with van der Waals surface area (Å²) in [6, 6.07) is 7.73. The topological polar surface area (TPSA) is 68.2 Å². The van der Waals surface area contributed by atoms with Crippen molar-refractivity contribution in [3.63, 3.8) is 0 Å². The summed E-state index contributed by atoms with van der Waals surface area (Å²) in [5.41, 5.74) is 4.68. The van der Waals surface area contributed by atoms with E-state index in [0.717, 1.165) is 34.7 Å². The van der Waals surface area contributed by atoms with E-state index in [9.17, 15) is 4.79 Å². The third kappa shape index (κ3) is 4.32. The summed E-state index contributed by atoms with van der Waals surface area (Å²) < 4.78 is 6.99. The SMILES string of the molecule is CCn1nc(C)c(NC(=O)NCc2cccc(COC)c2)c1C. The summed E-state index contributed by atoms with van der Waals surface area (Å²) in [6.45, 7) is 7.67. The van der Waals surface area contributed by atoms with E-state index in [4.69, 9.17) is 4.74 Å². The molecule has 0 bridgehead atoms. The van der Waals surface area contributed by atoms with Crippen LogP contribution in [0.15, 0.2) is 24.3 Å². The highest BCUT2D eigenvalue weighted by Gasteiger charge is 2.13. The molecule has 0 saturated carbocycles. The molecule has 0 fully saturated rings. The molecule has 0 unspecified atom stereocenters. The van der Waals surface area contributed by atoms with E-state index in [1.165, 1.54) is 0 Å². The molecule has 1 heterocycles. The van der Waals surface area contributed by atoms with Crippen molar-refractivity contribution in [2.45, 2.75) is 40.5 Å². The van der Waals surface area contributed by atoms with Crippen molar-refractivity contribution in [1.29, 1.82) is 0 Å². The molecule has 0 aliphatic rings. The number of hydrogen-bond donors (Lipinski definition) is 2. The number of nitrogens with one attached hydrogen (secondary N) is 2. The molecule has 2 N–H and O–H groups in total. The van der Waals surface area contributed by atoms with Crippen molar-refractivity contribution in [2.24, 2.45) is 0 Å². The van der Waals surface area contributed by atoms with Gasteiger partial charge in [0.25, 0.3) is 0 Å². The van der Waals surface area contributed by atoms with Gasteiger partial charge in [-0.2, -0.15) is 5.10 Å². The fourth-order valence-electron chi connectivity index (χ4n) is 2.52. The lowest BCUT2D eigenvalue weighted by atomic mass is 10.1. The summed E-state index contributed by atoms with van der Waals surface area (Å²) in [5.74, 6) is 0. The molecule has 6 heteroatoms. The molecule has 1 aromatic heterocycles. The van der Waals surface area contributed by atoms with Crippen LogP contribution in [0.3, 0.4) is 0 Å². The van der Waals surface area contributed by atoms with Gasteiger partial charge < -0.3 is 15.4 Å². The number of benzene rings is 1. The number of aromatic nitrogens is 2. The van der Waals surface area contributed by atoms with Crippen LogP contribution in [0.4, 0.5) is 10.5 Å². The first-order chi connectivity index (χ1) is 11.0. The van der Waals surface area contributed by atoms with Crippen molar-refractivity contribution in [2.75, 3.05) is 12.4 Å². The molecule has 2 aromatic rings. The van der Waals surface area contributed by atoms with E-state index in [2.05, 4.69) is 15.7 Å². The number of aryl methyl sites for hydroxylation is 2. The average Bonchev–Trinajstić information content (AvgIpc) is 2.81. The van der Waals surface area contributed by atoms with Gasteiger partial charge in [-0.25, -0.2) is 4.79 Å². The Bertz CT molecular complexity index is 679. The molecule has 0 saturated heterocycles. The molecule has 0 radical (unpaired) electrons. The van der Waals surface area contributed by atoms with Crippen molar-refractivity contribution in [1.82, 2.24) is 15.1 Å². The Morgan fingerprint density at radius 3 is 2.70 bits per heavy atom. The zero-order valence-electron chi connectivity index (χ0n) is 14.1. The number of amides is 2. The second-order valence-electron chi connectivity index (χ2n) is 5.42. The number of rotatable bonds is 6. The average molecular weight is 316 g/mol. The van der Waals surface area contributed by atoms with Crippen LogP contribution in [0.2, 0.25) is 0 Å². The maximum absolute atomic E-state index is 12.1. The molecule has 0 aliphatic heterocycles. The van der Waals surface area contributed by atoms with Gasteiger partial charge in [-0.1, -0.05) is 24.3 Å². The second-order valence-corrected chi connectivity index (χ2v) is 5.42. The Hall–Kier alpha value is -2.34. The molecule has 124 valence electrons. The van der Waals surface area contributed by atoms with Crippen LogP contribution < -0.4 is 10.6 Å². The summed E-state index contributed by atoms with van der Waals surface area (Å²) in [7, 11) is 1.67. The Morgan fingerprint density at radius 2 is 2.04 bits per heavy atom. The number of nitrogens with zero attached hydrogens (tertiary/aromatic N) is 2. The van der Waals surface area contributed by atoms with Gasteiger partial charge in [0.15, 0.2) is 0 Å². The smallest absolute Gasteiger partial charge is 0.319 e. The highest BCUT2D eigenvalue weighted by atomic mass is 16.5. The normalized spacial score (nSPS) is 10.6. The van der Waals surface area contributed by atoms with Crippen molar-refractivity contribution >= 4 is 11.7 Å². The number of urea groups is 1. The number of methoxy groups -OCH3 is 1. The van der Waals surface area contributed by atoms with Gasteiger partial charge in [-0.3, -0.25) is 4.68 Å². The molecule has 0 aliphatic carbocycles. The van der Waals surface area contributed by atoms with Gasteiger partial charge in [-0.15, -0.1) is 0 Å². The Balaban J connectivity index is 1.95. The van der Waals surface area contributed by atoms with Crippen molar-refractivity contribution in [3.05, 3.63) is 46.8 Å². The largest absolute Gasteiger partial charge is 0.380 e.